The van der Waals surface area contributed by atoms with E-state index in [4.69, 9.17) is 9.47 Å². The Morgan fingerprint density at radius 2 is 1.72 bits per heavy atom. The summed E-state index contributed by atoms with van der Waals surface area (Å²) < 4.78 is 11.7. The number of halogens is 1. The van der Waals surface area contributed by atoms with Crippen molar-refractivity contribution in [3.63, 3.8) is 0 Å². The Bertz CT molecular complexity index is 561. The van der Waals surface area contributed by atoms with Crippen molar-refractivity contribution >= 4 is 27.3 Å². The van der Waals surface area contributed by atoms with Gasteiger partial charge in [0, 0.05) is 5.56 Å². The lowest BCUT2D eigenvalue weighted by molar-refractivity contribution is 0.355. The summed E-state index contributed by atoms with van der Waals surface area (Å²) in [5, 5.41) is 0.984. The molecule has 0 radical (unpaired) electrons. The molecule has 0 amide bonds. The molecule has 0 aliphatic heterocycles. The van der Waals surface area contributed by atoms with E-state index in [0.717, 1.165) is 37.1 Å². The zero-order valence-corrected chi connectivity index (χ0v) is 13.1. The van der Waals surface area contributed by atoms with E-state index >= 15 is 0 Å². The van der Waals surface area contributed by atoms with E-state index in [9.17, 15) is 0 Å². The first kappa shape index (κ1) is 13.4. The highest BCUT2D eigenvalue weighted by molar-refractivity contribution is 9.11. The predicted octanol–water partition coefficient (Wildman–Crippen LogP) is 4.21. The van der Waals surface area contributed by atoms with Crippen LogP contribution in [0.5, 0.6) is 11.5 Å². The molecule has 0 atom stereocenters. The Balaban J connectivity index is 2.57. The number of rotatable bonds is 3. The van der Waals surface area contributed by atoms with Crippen LogP contribution in [-0.2, 0) is 0 Å². The first-order valence-corrected chi connectivity index (χ1v) is 7.03. The van der Waals surface area contributed by atoms with Gasteiger partial charge in [-0.3, -0.25) is 0 Å². The van der Waals surface area contributed by atoms with E-state index in [1.165, 1.54) is 0 Å². The number of methoxy groups -OCH3 is 2. The smallest absolute Gasteiger partial charge is 0.161 e. The van der Waals surface area contributed by atoms with Crippen molar-refractivity contribution in [3.05, 3.63) is 27.2 Å². The van der Waals surface area contributed by atoms with E-state index in [0.29, 0.717) is 0 Å². The second-order valence-corrected chi connectivity index (χ2v) is 6.22. The molecule has 0 saturated carbocycles. The van der Waals surface area contributed by atoms with Gasteiger partial charge in [-0.15, -0.1) is 11.3 Å². The molecule has 2 rings (SSSR count). The summed E-state index contributed by atoms with van der Waals surface area (Å²) in [6.45, 7) is 4.03. The topological polar surface area (TPSA) is 31.4 Å². The van der Waals surface area contributed by atoms with Crippen molar-refractivity contribution in [1.82, 2.24) is 4.98 Å². The molecule has 1 heterocycles. The maximum absolute atomic E-state index is 5.33. The fourth-order valence-corrected chi connectivity index (χ4v) is 3.13. The number of nitrogens with zero attached hydrogens (tertiary/aromatic N) is 1. The molecule has 3 nitrogen and oxygen atoms in total. The van der Waals surface area contributed by atoms with Crippen molar-refractivity contribution in [2.24, 2.45) is 0 Å². The summed E-state index contributed by atoms with van der Waals surface area (Å²) in [6, 6.07) is 3.94. The molecule has 18 heavy (non-hydrogen) atoms. The Kier molecular flexibility index (Phi) is 3.92. The number of hydrogen-bond donors (Lipinski definition) is 0. The quantitative estimate of drug-likeness (QED) is 0.846. The van der Waals surface area contributed by atoms with Crippen molar-refractivity contribution in [1.29, 1.82) is 0 Å². The van der Waals surface area contributed by atoms with Gasteiger partial charge in [0.25, 0.3) is 0 Å². The van der Waals surface area contributed by atoms with Crippen LogP contribution in [0.15, 0.2) is 15.9 Å². The summed E-state index contributed by atoms with van der Waals surface area (Å²) in [5.41, 5.74) is 3.20. The van der Waals surface area contributed by atoms with Crippen molar-refractivity contribution in [3.8, 4) is 22.1 Å². The van der Waals surface area contributed by atoms with Gasteiger partial charge in [0.1, 0.15) is 5.01 Å². The number of ether oxygens (including phenoxy) is 2. The number of thiazole rings is 1. The summed E-state index contributed by atoms with van der Waals surface area (Å²) in [7, 11) is 3.28. The monoisotopic (exact) mass is 327 g/mol. The second kappa shape index (κ2) is 5.28. The first-order chi connectivity index (χ1) is 8.56. The van der Waals surface area contributed by atoms with E-state index < -0.39 is 0 Å². The Labute approximate surface area is 119 Å². The summed E-state index contributed by atoms with van der Waals surface area (Å²) >= 11 is 5.13. The van der Waals surface area contributed by atoms with Gasteiger partial charge in [0.15, 0.2) is 11.5 Å². The molecule has 0 aliphatic rings. The molecule has 5 heteroatoms. The van der Waals surface area contributed by atoms with Gasteiger partial charge in [-0.25, -0.2) is 4.98 Å². The number of benzene rings is 1. The molecule has 1 aromatic carbocycles. The molecule has 0 aliphatic carbocycles. The standard InChI is InChI=1S/C13H14BrNO2S/c1-7-5-10(16-3)11(17-4)6-9(7)13-15-8(2)12(14)18-13/h5-6H,1-4H3. The lowest BCUT2D eigenvalue weighted by Crippen LogP contribution is -1.93. The molecule has 0 fully saturated rings. The van der Waals surface area contributed by atoms with Gasteiger partial charge < -0.3 is 9.47 Å². The van der Waals surface area contributed by atoms with Crippen LogP contribution >= 0.6 is 27.3 Å². The third kappa shape index (κ3) is 2.37. The number of hydrogen-bond acceptors (Lipinski definition) is 4. The SMILES string of the molecule is COc1cc(C)c(-c2nc(C)c(Br)s2)cc1OC. The lowest BCUT2D eigenvalue weighted by Gasteiger charge is -2.11. The fraction of sp³-hybridized carbons (Fsp3) is 0.308. The number of aryl methyl sites for hydroxylation is 2. The molecular formula is C13H14BrNO2S. The second-order valence-electron chi connectivity index (χ2n) is 3.90. The molecule has 0 spiro atoms. The minimum atomic E-state index is 0.724. The average molecular weight is 328 g/mol. The molecule has 96 valence electrons. The predicted molar refractivity (Wildman–Crippen MR) is 77.8 cm³/mol. The summed E-state index contributed by atoms with van der Waals surface area (Å²) in [6.07, 6.45) is 0. The molecule has 0 bridgehead atoms. The van der Waals surface area contributed by atoms with Crippen LogP contribution in [0.25, 0.3) is 10.6 Å². The van der Waals surface area contributed by atoms with Crippen LogP contribution in [0.2, 0.25) is 0 Å². The molecule has 2 aromatic rings. The van der Waals surface area contributed by atoms with Crippen molar-refractivity contribution < 1.29 is 9.47 Å². The third-order valence-electron chi connectivity index (χ3n) is 2.70. The normalized spacial score (nSPS) is 10.5. The van der Waals surface area contributed by atoms with Crippen LogP contribution in [0.3, 0.4) is 0 Å². The molecule has 0 unspecified atom stereocenters. The molecule has 1 aromatic heterocycles. The maximum atomic E-state index is 5.33. The Morgan fingerprint density at radius 1 is 1.11 bits per heavy atom. The highest BCUT2D eigenvalue weighted by atomic mass is 79.9. The van der Waals surface area contributed by atoms with E-state index in [1.807, 2.05) is 26.0 Å². The fourth-order valence-electron chi connectivity index (χ4n) is 1.70. The molecular weight excluding hydrogens is 314 g/mol. The highest BCUT2D eigenvalue weighted by Crippen LogP contribution is 2.38. The van der Waals surface area contributed by atoms with Gasteiger partial charge in [0.2, 0.25) is 0 Å². The van der Waals surface area contributed by atoms with E-state index in [-0.39, 0.29) is 0 Å². The van der Waals surface area contributed by atoms with Gasteiger partial charge in [-0.2, -0.15) is 0 Å². The zero-order chi connectivity index (χ0) is 13.3. The van der Waals surface area contributed by atoms with Crippen LogP contribution in [0.1, 0.15) is 11.3 Å². The maximum Gasteiger partial charge on any atom is 0.161 e. The van der Waals surface area contributed by atoms with Gasteiger partial charge in [0.05, 0.1) is 23.7 Å². The average Bonchev–Trinajstić information content (AvgIpc) is 2.69. The van der Waals surface area contributed by atoms with Gasteiger partial charge in [-0.1, -0.05) is 0 Å². The van der Waals surface area contributed by atoms with Crippen LogP contribution < -0.4 is 9.47 Å². The lowest BCUT2D eigenvalue weighted by atomic mass is 10.1. The summed E-state index contributed by atoms with van der Waals surface area (Å²) in [4.78, 5) is 4.55. The molecule has 0 N–H and O–H groups in total. The van der Waals surface area contributed by atoms with Gasteiger partial charge in [-0.05, 0) is 47.5 Å². The Hall–Kier alpha value is -1.07. The first-order valence-electron chi connectivity index (χ1n) is 5.42. The van der Waals surface area contributed by atoms with E-state index in [2.05, 4.69) is 20.9 Å². The number of aromatic nitrogens is 1. The Morgan fingerprint density at radius 3 is 2.22 bits per heavy atom. The molecule has 0 saturated heterocycles. The van der Waals surface area contributed by atoms with Crippen molar-refractivity contribution in [2.75, 3.05) is 14.2 Å². The zero-order valence-electron chi connectivity index (χ0n) is 10.7. The minimum Gasteiger partial charge on any atom is -0.493 e. The van der Waals surface area contributed by atoms with Crippen LogP contribution in [0, 0.1) is 13.8 Å². The largest absolute Gasteiger partial charge is 0.493 e. The summed E-state index contributed by atoms with van der Waals surface area (Å²) in [5.74, 6) is 1.47. The third-order valence-corrected chi connectivity index (χ3v) is 4.74. The van der Waals surface area contributed by atoms with Crippen LogP contribution in [0.4, 0.5) is 0 Å². The van der Waals surface area contributed by atoms with Gasteiger partial charge >= 0.3 is 0 Å². The highest BCUT2D eigenvalue weighted by Gasteiger charge is 2.14. The van der Waals surface area contributed by atoms with Crippen molar-refractivity contribution in [2.45, 2.75) is 13.8 Å². The minimum absolute atomic E-state index is 0.724. The van der Waals surface area contributed by atoms with E-state index in [1.54, 1.807) is 25.6 Å². The van der Waals surface area contributed by atoms with Crippen LogP contribution in [-0.4, -0.2) is 19.2 Å².